The first kappa shape index (κ1) is 11.4. The lowest BCUT2D eigenvalue weighted by Gasteiger charge is -2.24. The summed E-state index contributed by atoms with van der Waals surface area (Å²) in [5.41, 5.74) is 2.19. The molecule has 1 aromatic carbocycles. The van der Waals surface area contributed by atoms with E-state index in [0.29, 0.717) is 6.04 Å². The van der Waals surface area contributed by atoms with Gasteiger partial charge in [-0.05, 0) is 44.0 Å². The molecule has 16 heavy (non-hydrogen) atoms. The molecule has 0 bridgehead atoms. The maximum atomic E-state index is 13.0. The van der Waals surface area contributed by atoms with Crippen LogP contribution in [0.25, 0.3) is 0 Å². The van der Waals surface area contributed by atoms with Crippen molar-refractivity contribution in [1.29, 1.82) is 0 Å². The van der Waals surface area contributed by atoms with E-state index in [1.54, 1.807) is 12.1 Å². The van der Waals surface area contributed by atoms with Gasteiger partial charge in [-0.3, -0.25) is 0 Å². The van der Waals surface area contributed by atoms with E-state index in [2.05, 4.69) is 17.1 Å². The van der Waals surface area contributed by atoms with Gasteiger partial charge in [0.25, 0.3) is 0 Å². The predicted octanol–water partition coefficient (Wildman–Crippen LogP) is 2.32. The van der Waals surface area contributed by atoms with Crippen molar-refractivity contribution in [1.82, 2.24) is 5.32 Å². The van der Waals surface area contributed by atoms with Crippen molar-refractivity contribution < 1.29 is 4.39 Å². The van der Waals surface area contributed by atoms with Crippen LogP contribution in [0.1, 0.15) is 18.9 Å². The number of hydrogen-bond donors (Lipinski definition) is 1. The van der Waals surface area contributed by atoms with E-state index in [-0.39, 0.29) is 5.82 Å². The lowest BCUT2D eigenvalue weighted by atomic mass is 10.1. The summed E-state index contributed by atoms with van der Waals surface area (Å²) in [5.74, 6) is -0.150. The van der Waals surface area contributed by atoms with Crippen LogP contribution in [0.15, 0.2) is 18.2 Å². The number of aryl methyl sites for hydroxylation is 1. The zero-order valence-electron chi connectivity index (χ0n) is 9.96. The van der Waals surface area contributed by atoms with Gasteiger partial charge in [0.15, 0.2) is 0 Å². The van der Waals surface area contributed by atoms with E-state index in [4.69, 9.17) is 0 Å². The number of nitrogens with one attached hydrogen (secondary N) is 1. The SMILES string of the molecule is Cc1cc(F)ccc1N1CCNC(C)CC1. The molecule has 1 heterocycles. The molecule has 1 atom stereocenters. The maximum absolute atomic E-state index is 13.0. The molecular weight excluding hydrogens is 203 g/mol. The van der Waals surface area contributed by atoms with E-state index < -0.39 is 0 Å². The number of benzene rings is 1. The van der Waals surface area contributed by atoms with Crippen LogP contribution >= 0.6 is 0 Å². The van der Waals surface area contributed by atoms with Crippen LogP contribution in [-0.2, 0) is 0 Å². The van der Waals surface area contributed by atoms with Crippen molar-refractivity contribution in [3.05, 3.63) is 29.6 Å². The molecule has 0 aliphatic carbocycles. The van der Waals surface area contributed by atoms with E-state index >= 15 is 0 Å². The molecule has 2 rings (SSSR count). The monoisotopic (exact) mass is 222 g/mol. The Balaban J connectivity index is 2.16. The molecule has 1 unspecified atom stereocenters. The topological polar surface area (TPSA) is 15.3 Å². The molecule has 0 radical (unpaired) electrons. The number of rotatable bonds is 1. The second kappa shape index (κ2) is 4.83. The van der Waals surface area contributed by atoms with Crippen LogP contribution < -0.4 is 10.2 Å². The number of halogens is 1. The zero-order chi connectivity index (χ0) is 11.5. The Labute approximate surface area is 96.5 Å². The van der Waals surface area contributed by atoms with Gasteiger partial charge < -0.3 is 10.2 Å². The zero-order valence-corrected chi connectivity index (χ0v) is 9.96. The summed E-state index contributed by atoms with van der Waals surface area (Å²) in [4.78, 5) is 2.34. The van der Waals surface area contributed by atoms with Gasteiger partial charge >= 0.3 is 0 Å². The predicted molar refractivity (Wildman–Crippen MR) is 65.4 cm³/mol. The van der Waals surface area contributed by atoms with E-state index in [9.17, 15) is 4.39 Å². The van der Waals surface area contributed by atoms with Crippen molar-refractivity contribution in [2.75, 3.05) is 24.5 Å². The maximum Gasteiger partial charge on any atom is 0.123 e. The van der Waals surface area contributed by atoms with Gasteiger partial charge in [-0.2, -0.15) is 0 Å². The van der Waals surface area contributed by atoms with Crippen molar-refractivity contribution in [3.63, 3.8) is 0 Å². The highest BCUT2D eigenvalue weighted by Crippen LogP contribution is 2.21. The van der Waals surface area contributed by atoms with Crippen LogP contribution in [0, 0.1) is 12.7 Å². The molecule has 1 aliphatic rings. The minimum Gasteiger partial charge on any atom is -0.370 e. The summed E-state index contributed by atoms with van der Waals surface area (Å²) in [7, 11) is 0. The molecule has 3 heteroatoms. The molecule has 0 aromatic heterocycles. The second-order valence-corrected chi connectivity index (χ2v) is 4.56. The first-order valence-electron chi connectivity index (χ1n) is 5.91. The van der Waals surface area contributed by atoms with E-state index in [0.717, 1.165) is 37.3 Å². The molecule has 1 saturated heterocycles. The second-order valence-electron chi connectivity index (χ2n) is 4.56. The third kappa shape index (κ3) is 2.53. The fourth-order valence-corrected chi connectivity index (χ4v) is 2.22. The highest BCUT2D eigenvalue weighted by atomic mass is 19.1. The summed E-state index contributed by atoms with van der Waals surface area (Å²) in [6, 6.07) is 5.62. The van der Waals surface area contributed by atoms with Crippen LogP contribution in [0.3, 0.4) is 0 Å². The van der Waals surface area contributed by atoms with Crippen molar-refractivity contribution >= 4 is 5.69 Å². The Morgan fingerprint density at radius 1 is 1.38 bits per heavy atom. The summed E-state index contributed by atoms with van der Waals surface area (Å²) in [6.07, 6.45) is 1.14. The smallest absolute Gasteiger partial charge is 0.123 e. The van der Waals surface area contributed by atoms with Crippen molar-refractivity contribution in [3.8, 4) is 0 Å². The fraction of sp³-hybridized carbons (Fsp3) is 0.538. The highest BCUT2D eigenvalue weighted by molar-refractivity contribution is 5.53. The largest absolute Gasteiger partial charge is 0.370 e. The van der Waals surface area contributed by atoms with Gasteiger partial charge in [0.2, 0.25) is 0 Å². The average Bonchev–Trinajstić information content (AvgIpc) is 2.43. The lowest BCUT2D eigenvalue weighted by Crippen LogP contribution is -2.29. The average molecular weight is 222 g/mol. The van der Waals surface area contributed by atoms with Crippen LogP contribution in [0.2, 0.25) is 0 Å². The molecule has 1 aliphatic heterocycles. The summed E-state index contributed by atoms with van der Waals surface area (Å²) >= 11 is 0. The van der Waals surface area contributed by atoms with E-state index in [1.807, 2.05) is 13.0 Å². The third-order valence-corrected chi connectivity index (χ3v) is 3.21. The summed E-state index contributed by atoms with van der Waals surface area (Å²) in [6.45, 7) is 7.22. The fourth-order valence-electron chi connectivity index (χ4n) is 2.22. The summed E-state index contributed by atoms with van der Waals surface area (Å²) < 4.78 is 13.0. The molecule has 0 saturated carbocycles. The van der Waals surface area contributed by atoms with Gasteiger partial charge in [-0.25, -0.2) is 4.39 Å². The first-order valence-corrected chi connectivity index (χ1v) is 5.91. The molecule has 0 amide bonds. The van der Waals surface area contributed by atoms with Gasteiger partial charge in [0.1, 0.15) is 5.82 Å². The molecule has 88 valence electrons. The minimum atomic E-state index is -0.150. The molecule has 1 N–H and O–H groups in total. The standard InChI is InChI=1S/C13H19FN2/c1-10-9-12(14)3-4-13(10)16-7-5-11(2)15-6-8-16/h3-4,9,11,15H,5-8H2,1-2H3. The third-order valence-electron chi connectivity index (χ3n) is 3.21. The normalized spacial score (nSPS) is 21.9. The molecule has 0 spiro atoms. The van der Waals surface area contributed by atoms with E-state index in [1.165, 1.54) is 0 Å². The Kier molecular flexibility index (Phi) is 3.44. The molecule has 2 nitrogen and oxygen atoms in total. The quantitative estimate of drug-likeness (QED) is 0.784. The van der Waals surface area contributed by atoms with Crippen LogP contribution in [0.5, 0.6) is 0 Å². The Hall–Kier alpha value is -1.09. The number of nitrogens with zero attached hydrogens (tertiary/aromatic N) is 1. The van der Waals surface area contributed by atoms with Gasteiger partial charge in [0, 0.05) is 31.4 Å². The van der Waals surface area contributed by atoms with Crippen LogP contribution in [-0.4, -0.2) is 25.7 Å². The first-order chi connectivity index (χ1) is 7.66. The Morgan fingerprint density at radius 2 is 2.19 bits per heavy atom. The van der Waals surface area contributed by atoms with Crippen LogP contribution in [0.4, 0.5) is 10.1 Å². The Morgan fingerprint density at radius 3 is 2.94 bits per heavy atom. The van der Waals surface area contributed by atoms with Crippen molar-refractivity contribution in [2.45, 2.75) is 26.3 Å². The van der Waals surface area contributed by atoms with Gasteiger partial charge in [0.05, 0.1) is 0 Å². The van der Waals surface area contributed by atoms with Crippen molar-refractivity contribution in [2.24, 2.45) is 0 Å². The molecular formula is C13H19FN2. The number of hydrogen-bond acceptors (Lipinski definition) is 2. The Bertz CT molecular complexity index is 365. The molecule has 1 fully saturated rings. The van der Waals surface area contributed by atoms with Gasteiger partial charge in [-0.1, -0.05) is 0 Å². The minimum absolute atomic E-state index is 0.150. The molecule has 1 aromatic rings. The van der Waals surface area contributed by atoms with Gasteiger partial charge in [-0.15, -0.1) is 0 Å². The lowest BCUT2D eigenvalue weighted by molar-refractivity contribution is 0.566. The highest BCUT2D eigenvalue weighted by Gasteiger charge is 2.14. The summed E-state index contributed by atoms with van der Waals surface area (Å²) in [5, 5.41) is 3.46. The number of anilines is 1.